The Kier molecular flexibility index (Phi) is 3.28. The summed E-state index contributed by atoms with van der Waals surface area (Å²) in [6.45, 7) is 5.86. The van der Waals surface area contributed by atoms with Crippen molar-refractivity contribution in [2.75, 3.05) is 24.5 Å². The van der Waals surface area contributed by atoms with Gasteiger partial charge in [0.1, 0.15) is 5.15 Å². The Hall–Kier alpha value is -0.320. The van der Waals surface area contributed by atoms with Crippen LogP contribution in [0.3, 0.4) is 0 Å². The van der Waals surface area contributed by atoms with Crippen molar-refractivity contribution in [1.29, 1.82) is 0 Å². The smallest absolute Gasteiger partial charge is 0.187 e. The van der Waals surface area contributed by atoms with Gasteiger partial charge in [-0.3, -0.25) is 4.90 Å². The Balaban J connectivity index is 1.77. The van der Waals surface area contributed by atoms with Gasteiger partial charge in [-0.1, -0.05) is 18.0 Å². The molecule has 0 bridgehead atoms. The van der Waals surface area contributed by atoms with Gasteiger partial charge in [0.05, 0.1) is 0 Å². The van der Waals surface area contributed by atoms with Crippen LogP contribution >= 0.6 is 22.9 Å². The van der Waals surface area contributed by atoms with Crippen LogP contribution in [0.4, 0.5) is 5.13 Å². The van der Waals surface area contributed by atoms with Crippen molar-refractivity contribution in [3.63, 3.8) is 0 Å². The first kappa shape index (κ1) is 11.8. The number of thiazole rings is 1. The topological polar surface area (TPSA) is 19.4 Å². The van der Waals surface area contributed by atoms with E-state index in [1.807, 2.05) is 5.38 Å². The second kappa shape index (κ2) is 4.75. The Morgan fingerprint density at radius 1 is 1.41 bits per heavy atom. The molecule has 3 rings (SSSR count). The van der Waals surface area contributed by atoms with Gasteiger partial charge in [0.25, 0.3) is 0 Å². The number of piperidine rings is 1. The summed E-state index contributed by atoms with van der Waals surface area (Å²) in [5.41, 5.74) is 0. The highest BCUT2D eigenvalue weighted by Gasteiger charge is 2.33. The lowest BCUT2D eigenvalue weighted by Gasteiger charge is -2.47. The second-order valence-corrected chi connectivity index (χ2v) is 6.32. The first-order valence-corrected chi connectivity index (χ1v) is 7.61. The standard InChI is InChI=1S/C12H18ClN3S/c1-9-6-15-5-3-2-4-10(15)7-16(9)12-14-11(13)8-17-12/h8-10H,2-7H2,1H3. The van der Waals surface area contributed by atoms with Crippen LogP contribution in [0, 0.1) is 0 Å². The van der Waals surface area contributed by atoms with Gasteiger partial charge in [-0.2, -0.15) is 0 Å². The van der Waals surface area contributed by atoms with Gasteiger partial charge in [0.15, 0.2) is 5.13 Å². The highest BCUT2D eigenvalue weighted by atomic mass is 35.5. The van der Waals surface area contributed by atoms with Gasteiger partial charge in [-0.25, -0.2) is 4.98 Å². The minimum Gasteiger partial charge on any atom is -0.342 e. The number of hydrogen-bond donors (Lipinski definition) is 0. The van der Waals surface area contributed by atoms with E-state index in [9.17, 15) is 0 Å². The largest absolute Gasteiger partial charge is 0.342 e. The summed E-state index contributed by atoms with van der Waals surface area (Å²) in [7, 11) is 0. The summed E-state index contributed by atoms with van der Waals surface area (Å²) in [5, 5.41) is 3.65. The minimum absolute atomic E-state index is 0.548. The highest BCUT2D eigenvalue weighted by molar-refractivity contribution is 7.14. The first-order chi connectivity index (χ1) is 8.24. The average molecular weight is 272 g/mol. The Morgan fingerprint density at radius 3 is 3.06 bits per heavy atom. The van der Waals surface area contributed by atoms with Crippen molar-refractivity contribution in [3.8, 4) is 0 Å². The molecule has 2 unspecified atom stereocenters. The summed E-state index contributed by atoms with van der Waals surface area (Å²) in [5.74, 6) is 0. The molecule has 1 aromatic heterocycles. The third-order valence-corrected chi connectivity index (χ3v) is 5.10. The zero-order chi connectivity index (χ0) is 11.8. The third kappa shape index (κ3) is 2.30. The van der Waals surface area contributed by atoms with E-state index in [2.05, 4.69) is 21.7 Å². The van der Waals surface area contributed by atoms with Crippen LogP contribution in [0.5, 0.6) is 0 Å². The van der Waals surface area contributed by atoms with Crippen LogP contribution in [-0.4, -0.2) is 41.6 Å². The minimum atomic E-state index is 0.548. The summed E-state index contributed by atoms with van der Waals surface area (Å²) in [4.78, 5) is 9.50. The van der Waals surface area contributed by atoms with E-state index in [-0.39, 0.29) is 0 Å². The van der Waals surface area contributed by atoms with Gasteiger partial charge in [0.2, 0.25) is 0 Å². The molecule has 0 amide bonds. The molecule has 2 aliphatic rings. The molecule has 5 heteroatoms. The predicted octanol–water partition coefficient (Wildman–Crippen LogP) is 2.86. The van der Waals surface area contributed by atoms with Crippen molar-refractivity contribution in [1.82, 2.24) is 9.88 Å². The van der Waals surface area contributed by atoms with Gasteiger partial charge in [-0.05, 0) is 26.3 Å². The lowest BCUT2D eigenvalue weighted by molar-refractivity contribution is 0.115. The molecule has 17 heavy (non-hydrogen) atoms. The molecule has 3 heterocycles. The molecular weight excluding hydrogens is 254 g/mol. The molecule has 0 N–H and O–H groups in total. The molecule has 2 saturated heterocycles. The van der Waals surface area contributed by atoms with Gasteiger partial charge < -0.3 is 4.90 Å². The first-order valence-electron chi connectivity index (χ1n) is 6.36. The molecule has 0 aromatic carbocycles. The fraction of sp³-hybridized carbons (Fsp3) is 0.750. The fourth-order valence-corrected chi connectivity index (χ4v) is 4.06. The van der Waals surface area contributed by atoms with Gasteiger partial charge >= 0.3 is 0 Å². The summed E-state index contributed by atoms with van der Waals surface area (Å²) < 4.78 is 0. The maximum Gasteiger partial charge on any atom is 0.187 e. The number of nitrogens with zero attached hydrogens (tertiary/aromatic N) is 3. The number of halogens is 1. The van der Waals surface area contributed by atoms with Crippen LogP contribution in [0.1, 0.15) is 26.2 Å². The van der Waals surface area contributed by atoms with Gasteiger partial charge in [0, 0.05) is 30.6 Å². The van der Waals surface area contributed by atoms with E-state index in [4.69, 9.17) is 11.6 Å². The van der Waals surface area contributed by atoms with Crippen molar-refractivity contribution >= 4 is 28.1 Å². The summed E-state index contributed by atoms with van der Waals surface area (Å²) in [6.07, 6.45) is 4.08. The maximum atomic E-state index is 5.93. The van der Waals surface area contributed by atoms with E-state index in [0.29, 0.717) is 11.2 Å². The van der Waals surface area contributed by atoms with Crippen LogP contribution in [-0.2, 0) is 0 Å². The Bertz CT molecular complexity index is 395. The van der Waals surface area contributed by atoms with Crippen LogP contribution in [0.2, 0.25) is 5.15 Å². The normalized spacial score (nSPS) is 30.4. The molecule has 2 aliphatic heterocycles. The number of piperazine rings is 1. The molecule has 0 saturated carbocycles. The van der Waals surface area contributed by atoms with Crippen molar-refractivity contribution < 1.29 is 0 Å². The van der Waals surface area contributed by atoms with E-state index in [1.54, 1.807) is 11.3 Å². The molecule has 94 valence electrons. The van der Waals surface area contributed by atoms with Crippen molar-refractivity contribution in [2.24, 2.45) is 0 Å². The monoisotopic (exact) mass is 271 g/mol. The number of aromatic nitrogens is 1. The molecule has 0 radical (unpaired) electrons. The van der Waals surface area contributed by atoms with Crippen molar-refractivity contribution in [2.45, 2.75) is 38.3 Å². The molecular formula is C12H18ClN3S. The average Bonchev–Trinajstić information content (AvgIpc) is 2.75. The lowest BCUT2D eigenvalue weighted by Crippen LogP contribution is -2.58. The number of rotatable bonds is 1. The van der Waals surface area contributed by atoms with Crippen molar-refractivity contribution in [3.05, 3.63) is 10.5 Å². The molecule has 0 aliphatic carbocycles. The lowest BCUT2D eigenvalue weighted by atomic mass is 9.97. The van der Waals surface area contributed by atoms with Crippen LogP contribution in [0.25, 0.3) is 0 Å². The van der Waals surface area contributed by atoms with Gasteiger partial charge in [-0.15, -0.1) is 11.3 Å². The molecule has 1 aromatic rings. The highest BCUT2D eigenvalue weighted by Crippen LogP contribution is 2.30. The number of fused-ring (bicyclic) bond motifs is 1. The molecule has 2 atom stereocenters. The van der Waals surface area contributed by atoms with E-state index >= 15 is 0 Å². The number of anilines is 1. The third-order valence-electron chi connectivity index (χ3n) is 3.90. The molecule has 3 nitrogen and oxygen atoms in total. The molecule has 2 fully saturated rings. The second-order valence-electron chi connectivity index (χ2n) is 5.10. The fourth-order valence-electron chi connectivity index (χ4n) is 3.00. The molecule has 0 spiro atoms. The van der Waals surface area contributed by atoms with Crippen LogP contribution in [0.15, 0.2) is 5.38 Å². The summed E-state index contributed by atoms with van der Waals surface area (Å²) in [6, 6.07) is 1.27. The Morgan fingerprint density at radius 2 is 2.29 bits per heavy atom. The van der Waals surface area contributed by atoms with E-state index in [1.165, 1.54) is 32.4 Å². The van der Waals surface area contributed by atoms with E-state index in [0.717, 1.165) is 17.7 Å². The zero-order valence-electron chi connectivity index (χ0n) is 10.1. The Labute approximate surface area is 111 Å². The van der Waals surface area contributed by atoms with E-state index < -0.39 is 0 Å². The predicted molar refractivity (Wildman–Crippen MR) is 73.1 cm³/mol. The quantitative estimate of drug-likeness (QED) is 0.783. The number of hydrogen-bond acceptors (Lipinski definition) is 4. The summed E-state index contributed by atoms with van der Waals surface area (Å²) >= 11 is 7.59. The zero-order valence-corrected chi connectivity index (χ0v) is 11.7. The maximum absolute atomic E-state index is 5.93. The van der Waals surface area contributed by atoms with Crippen LogP contribution < -0.4 is 4.90 Å². The SMILES string of the molecule is CC1CN2CCCCC2CN1c1nc(Cl)cs1.